The largest absolute Gasteiger partial charge is 0.464 e. The summed E-state index contributed by atoms with van der Waals surface area (Å²) < 4.78 is 25.9. The minimum atomic E-state index is -2.13. The molecule has 3 N–H and O–H groups in total. The maximum atomic E-state index is 13.2. The molecule has 0 aromatic carbocycles. The Morgan fingerprint density at radius 1 is 0.901 bits per heavy atom. The fraction of sp³-hybridized carbons (Fsp3) is 0.772. The van der Waals surface area contributed by atoms with Crippen molar-refractivity contribution in [3.05, 3.63) is 47.6 Å². The van der Waals surface area contributed by atoms with Gasteiger partial charge in [-0.05, 0) is 122 Å². The standard InChI is InChI=1S/C27H44O4.C24H39NO8.C2H6O.2C2H6/c1-10-14-19(2)15-12-11-13-16-20(3)17-22(5)25(29)27(8,31-9)26(30)23(6)18-21(4)24(7)28;1-16-7-5-14-33-24(16,30)21(27)22(28)25-12-4-3-9-18(25)23(29)32-13-6-8-17-10-11-19(26)20(15-17)31-2;1-3-2;2*1-2/h11-13,15-16,18,20-22,26,30H,10,14,17H2,1-9H3;16-20,26,30H,3-15H2,1-2H3;1-2H3;2*1-2H3/b12-11+,16-13?,19-15+,23-18+;;;;/t20-,21-,22?,26?,27-;16?,17-,18?,19?,20-,24?;;;/m11.../s1. The van der Waals surface area contributed by atoms with Crippen molar-refractivity contribution in [3.8, 4) is 0 Å². The number of amides is 1. The maximum absolute atomic E-state index is 13.2. The van der Waals surface area contributed by atoms with Crippen LogP contribution in [0.5, 0.6) is 0 Å². The Balaban J connectivity index is 0. The number of carbonyl (C=O) groups excluding carboxylic acids is 5. The third-order valence-corrected chi connectivity index (χ3v) is 13.4. The van der Waals surface area contributed by atoms with Crippen molar-refractivity contribution >= 4 is 29.2 Å². The third kappa shape index (κ3) is 24.0. The van der Waals surface area contributed by atoms with Crippen LogP contribution in [0.15, 0.2) is 47.6 Å². The van der Waals surface area contributed by atoms with Crippen molar-refractivity contribution < 1.29 is 63.0 Å². The molecule has 2 aliphatic heterocycles. The van der Waals surface area contributed by atoms with Gasteiger partial charge in [-0.1, -0.05) is 111 Å². The van der Waals surface area contributed by atoms with E-state index in [1.807, 2.05) is 52.8 Å². The molecule has 1 aliphatic carbocycles. The molecular weight excluding hydrogens is 907 g/mol. The molecule has 0 spiro atoms. The highest BCUT2D eigenvalue weighted by atomic mass is 16.6. The van der Waals surface area contributed by atoms with Gasteiger partial charge in [0.05, 0.1) is 25.4 Å². The molecule has 1 saturated carbocycles. The van der Waals surface area contributed by atoms with Gasteiger partial charge >= 0.3 is 5.97 Å². The van der Waals surface area contributed by atoms with Gasteiger partial charge in [-0.2, -0.15) is 0 Å². The highest BCUT2D eigenvalue weighted by Gasteiger charge is 2.51. The van der Waals surface area contributed by atoms with Crippen LogP contribution in [-0.4, -0.2) is 133 Å². The average molecular weight is 1010 g/mol. The van der Waals surface area contributed by atoms with E-state index in [1.54, 1.807) is 55.1 Å². The lowest BCUT2D eigenvalue weighted by Gasteiger charge is -2.39. The number of esters is 1. The van der Waals surface area contributed by atoms with Crippen molar-refractivity contribution in [2.45, 2.75) is 209 Å². The second-order valence-electron chi connectivity index (χ2n) is 19.2. The SMILES string of the molecule is CC.CC.CCC/C(C)=C/C=C/C=C[C@@H](C)CC(C)C(=O)[C@@](C)(OC)C(O)/C(C)=C/[C@@H](C)C(C)=O.COC.CO[C@@H]1C[C@H](CCCOC(=O)C2CCCCN2C(=O)C(=O)C2(O)OCCCC2C)CCC1O. The fourth-order valence-corrected chi connectivity index (χ4v) is 8.93. The Morgan fingerprint density at radius 3 is 2.10 bits per heavy atom. The molecule has 3 fully saturated rings. The van der Waals surface area contributed by atoms with Gasteiger partial charge in [0.25, 0.3) is 11.7 Å². The third-order valence-electron chi connectivity index (χ3n) is 13.4. The molecule has 412 valence electrons. The number of piperidine rings is 1. The quantitative estimate of drug-likeness (QED) is 0.0305. The molecule has 14 nitrogen and oxygen atoms in total. The van der Waals surface area contributed by atoms with Crippen molar-refractivity contribution in [2.24, 2.45) is 29.6 Å². The Hall–Kier alpha value is -3.37. The van der Waals surface area contributed by atoms with E-state index in [-0.39, 0.29) is 55.2 Å². The second-order valence-corrected chi connectivity index (χ2v) is 19.2. The monoisotopic (exact) mass is 1010 g/mol. The number of methoxy groups -OCH3 is 3. The lowest BCUT2D eigenvalue weighted by molar-refractivity contribution is -0.240. The molecule has 0 bridgehead atoms. The van der Waals surface area contributed by atoms with E-state index in [2.05, 4.69) is 37.7 Å². The summed E-state index contributed by atoms with van der Waals surface area (Å²) in [5, 5.41) is 31.5. The Labute approximate surface area is 430 Å². The zero-order valence-electron chi connectivity index (χ0n) is 47.3. The van der Waals surface area contributed by atoms with Crippen LogP contribution >= 0.6 is 0 Å². The summed E-state index contributed by atoms with van der Waals surface area (Å²) in [5.74, 6) is -5.11. The lowest BCUT2D eigenvalue weighted by Crippen LogP contribution is -2.59. The Bertz CT molecular complexity index is 1660. The van der Waals surface area contributed by atoms with Crippen molar-refractivity contribution in [3.63, 3.8) is 0 Å². The molecule has 2 saturated heterocycles. The lowest BCUT2D eigenvalue weighted by atomic mass is 9.80. The molecule has 2 heterocycles. The molecule has 3 rings (SSSR count). The van der Waals surface area contributed by atoms with E-state index in [0.29, 0.717) is 50.0 Å². The highest BCUT2D eigenvalue weighted by Crippen LogP contribution is 2.33. The molecule has 3 aliphatic rings. The van der Waals surface area contributed by atoms with Gasteiger partial charge in [0, 0.05) is 52.7 Å². The molecule has 0 radical (unpaired) electrons. The molecule has 14 heteroatoms. The van der Waals surface area contributed by atoms with Crippen LogP contribution in [0, 0.1) is 29.6 Å². The number of likely N-dealkylation sites (tertiary alicyclic amines) is 1. The number of ether oxygens (including phenoxy) is 5. The molecule has 1 amide bonds. The van der Waals surface area contributed by atoms with Crippen molar-refractivity contribution in [2.75, 3.05) is 48.2 Å². The van der Waals surface area contributed by atoms with E-state index in [0.717, 1.165) is 44.9 Å². The molecule has 6 unspecified atom stereocenters. The van der Waals surface area contributed by atoms with Gasteiger partial charge in [-0.25, -0.2) is 4.79 Å². The number of aliphatic hydroxyl groups excluding tert-OH is 2. The first-order valence-electron chi connectivity index (χ1n) is 26.6. The first kappa shape index (κ1) is 69.7. The zero-order chi connectivity index (χ0) is 54.9. The smallest absolute Gasteiger partial charge is 0.328 e. The zero-order valence-corrected chi connectivity index (χ0v) is 47.3. The summed E-state index contributed by atoms with van der Waals surface area (Å²) >= 11 is 0. The maximum Gasteiger partial charge on any atom is 0.328 e. The Morgan fingerprint density at radius 2 is 1.54 bits per heavy atom. The normalized spacial score (nSPS) is 25.2. The molecular formula is C57H101NO13. The van der Waals surface area contributed by atoms with E-state index in [4.69, 9.17) is 18.9 Å². The summed E-state index contributed by atoms with van der Waals surface area (Å²) in [6, 6.07) is -0.819. The van der Waals surface area contributed by atoms with Gasteiger partial charge in [0.15, 0.2) is 11.4 Å². The van der Waals surface area contributed by atoms with Gasteiger partial charge in [-0.3, -0.25) is 19.2 Å². The van der Waals surface area contributed by atoms with Gasteiger partial charge < -0.3 is 43.9 Å². The highest BCUT2D eigenvalue weighted by molar-refractivity contribution is 6.39. The molecule has 71 heavy (non-hydrogen) atoms. The van der Waals surface area contributed by atoms with Crippen LogP contribution in [0.4, 0.5) is 0 Å². The van der Waals surface area contributed by atoms with Crippen LogP contribution < -0.4 is 0 Å². The summed E-state index contributed by atoms with van der Waals surface area (Å²) in [6.07, 6.45) is 20.4. The van der Waals surface area contributed by atoms with Crippen molar-refractivity contribution in [1.29, 1.82) is 0 Å². The van der Waals surface area contributed by atoms with Crippen LogP contribution in [0.25, 0.3) is 0 Å². The predicted octanol–water partition coefficient (Wildman–Crippen LogP) is 9.90. The van der Waals surface area contributed by atoms with Crippen LogP contribution in [0.3, 0.4) is 0 Å². The van der Waals surface area contributed by atoms with Gasteiger partial charge in [-0.15, -0.1) is 0 Å². The number of nitrogens with zero attached hydrogens (tertiary/aromatic N) is 1. The number of hydrogen-bond acceptors (Lipinski definition) is 13. The first-order valence-corrected chi connectivity index (χ1v) is 26.6. The summed E-state index contributed by atoms with van der Waals surface area (Å²) in [6.45, 7) is 25.3. The number of ketones is 3. The Kier molecular flexibility index (Phi) is 37.5. The van der Waals surface area contributed by atoms with Gasteiger partial charge in [0.1, 0.15) is 17.9 Å². The van der Waals surface area contributed by atoms with E-state index < -0.39 is 53.2 Å². The van der Waals surface area contributed by atoms with E-state index in [1.165, 1.54) is 24.5 Å². The average Bonchev–Trinajstić information content (AvgIpc) is 3.36. The topological polar surface area (TPSA) is 195 Å². The number of carbonyl (C=O) groups is 5. The summed E-state index contributed by atoms with van der Waals surface area (Å²) in [4.78, 5) is 64.6. The first-order chi connectivity index (χ1) is 33.6. The molecule has 0 aromatic rings. The predicted molar refractivity (Wildman–Crippen MR) is 284 cm³/mol. The van der Waals surface area contributed by atoms with Crippen LogP contribution in [0.1, 0.15) is 173 Å². The minimum absolute atomic E-state index is 0.0102. The van der Waals surface area contributed by atoms with E-state index in [9.17, 15) is 39.3 Å². The van der Waals surface area contributed by atoms with Crippen LogP contribution in [0.2, 0.25) is 0 Å². The number of hydrogen-bond donors (Lipinski definition) is 3. The number of allylic oxidation sites excluding steroid dienone is 7. The summed E-state index contributed by atoms with van der Waals surface area (Å²) in [7, 11) is 6.30. The van der Waals surface area contributed by atoms with Gasteiger partial charge in [0.2, 0.25) is 5.79 Å². The van der Waals surface area contributed by atoms with Crippen molar-refractivity contribution in [1.82, 2.24) is 4.90 Å². The fourth-order valence-electron chi connectivity index (χ4n) is 8.93. The minimum Gasteiger partial charge on any atom is -0.464 e. The number of Topliss-reactive ketones (excluding diaryl/α,β-unsaturated/α-hetero) is 3. The summed E-state index contributed by atoms with van der Waals surface area (Å²) in [5.41, 5.74) is 0.567. The number of rotatable bonds is 22. The van der Waals surface area contributed by atoms with E-state index >= 15 is 0 Å². The van der Waals surface area contributed by atoms with Crippen LogP contribution in [-0.2, 0) is 47.7 Å². The molecule has 11 atom stereocenters. The molecule has 0 aromatic heterocycles. The number of aliphatic hydroxyl groups is 3. The second kappa shape index (κ2) is 38.2.